The number of aromatic nitrogens is 1. The molecule has 5 heteroatoms. The Morgan fingerprint density at radius 3 is 2.90 bits per heavy atom. The standard InChI is InChI=1S/C15H13BrN2O2/c1-10-7-13(14(9-17)15(19)18-10)11-3-2-4-12(8-11)20-6-5-16/h2-4,7-8H,5-6H2,1H3,(H,18,19). The smallest absolute Gasteiger partial charge is 0.266 e. The molecule has 0 bridgehead atoms. The van der Waals surface area contributed by atoms with Crippen molar-refractivity contribution in [3.63, 3.8) is 0 Å². The number of halogens is 1. The lowest BCUT2D eigenvalue weighted by Gasteiger charge is -2.08. The van der Waals surface area contributed by atoms with Gasteiger partial charge in [-0.2, -0.15) is 5.26 Å². The first kappa shape index (κ1) is 14.4. The highest BCUT2D eigenvalue weighted by Crippen LogP contribution is 2.25. The molecule has 0 saturated carbocycles. The van der Waals surface area contributed by atoms with Crippen molar-refractivity contribution in [1.82, 2.24) is 4.98 Å². The zero-order valence-corrected chi connectivity index (χ0v) is 12.5. The Morgan fingerprint density at radius 1 is 1.40 bits per heavy atom. The van der Waals surface area contributed by atoms with Crippen molar-refractivity contribution >= 4 is 15.9 Å². The monoisotopic (exact) mass is 332 g/mol. The number of ether oxygens (including phenoxy) is 1. The van der Waals surface area contributed by atoms with Crippen molar-refractivity contribution in [2.75, 3.05) is 11.9 Å². The number of pyridine rings is 1. The Hall–Kier alpha value is -2.06. The Morgan fingerprint density at radius 2 is 2.20 bits per heavy atom. The van der Waals surface area contributed by atoms with Crippen molar-refractivity contribution in [1.29, 1.82) is 5.26 Å². The van der Waals surface area contributed by atoms with E-state index in [1.165, 1.54) is 0 Å². The second-order valence-corrected chi connectivity index (χ2v) is 5.04. The van der Waals surface area contributed by atoms with Crippen LogP contribution in [0.5, 0.6) is 5.75 Å². The predicted molar refractivity (Wildman–Crippen MR) is 81.2 cm³/mol. The quantitative estimate of drug-likeness (QED) is 0.875. The van der Waals surface area contributed by atoms with Gasteiger partial charge in [-0.05, 0) is 30.7 Å². The summed E-state index contributed by atoms with van der Waals surface area (Å²) in [5.74, 6) is 0.712. The summed E-state index contributed by atoms with van der Waals surface area (Å²) in [6.07, 6.45) is 0. The molecule has 0 spiro atoms. The minimum atomic E-state index is -0.366. The molecule has 0 atom stereocenters. The van der Waals surface area contributed by atoms with Crippen molar-refractivity contribution in [2.24, 2.45) is 0 Å². The number of hydrogen-bond acceptors (Lipinski definition) is 3. The van der Waals surface area contributed by atoms with Gasteiger partial charge >= 0.3 is 0 Å². The molecule has 2 aromatic rings. The largest absolute Gasteiger partial charge is 0.493 e. The van der Waals surface area contributed by atoms with Gasteiger partial charge in [-0.15, -0.1) is 0 Å². The minimum Gasteiger partial charge on any atom is -0.493 e. The third-order valence-electron chi connectivity index (χ3n) is 2.77. The van der Waals surface area contributed by atoms with Crippen LogP contribution in [-0.4, -0.2) is 16.9 Å². The van der Waals surface area contributed by atoms with E-state index in [0.29, 0.717) is 17.9 Å². The number of benzene rings is 1. The van der Waals surface area contributed by atoms with Crippen LogP contribution in [0.3, 0.4) is 0 Å². The van der Waals surface area contributed by atoms with Crippen LogP contribution in [0.15, 0.2) is 35.1 Å². The third kappa shape index (κ3) is 3.09. The van der Waals surface area contributed by atoms with E-state index < -0.39 is 0 Å². The highest BCUT2D eigenvalue weighted by atomic mass is 79.9. The van der Waals surface area contributed by atoms with Crippen LogP contribution < -0.4 is 10.3 Å². The number of aryl methyl sites for hydroxylation is 1. The zero-order valence-electron chi connectivity index (χ0n) is 10.9. The molecule has 0 unspecified atom stereocenters. The molecule has 1 heterocycles. The van der Waals surface area contributed by atoms with E-state index in [9.17, 15) is 4.79 Å². The summed E-state index contributed by atoms with van der Waals surface area (Å²) in [4.78, 5) is 14.4. The van der Waals surface area contributed by atoms with Gasteiger partial charge in [0, 0.05) is 16.6 Å². The summed E-state index contributed by atoms with van der Waals surface area (Å²) in [7, 11) is 0. The first-order valence-electron chi connectivity index (χ1n) is 6.09. The fourth-order valence-electron chi connectivity index (χ4n) is 1.94. The van der Waals surface area contributed by atoms with Crippen LogP contribution >= 0.6 is 15.9 Å². The number of hydrogen-bond donors (Lipinski definition) is 1. The Balaban J connectivity index is 2.52. The molecule has 1 aromatic heterocycles. The Labute approximate surface area is 125 Å². The molecule has 4 nitrogen and oxygen atoms in total. The van der Waals surface area contributed by atoms with Crippen molar-refractivity contribution < 1.29 is 4.74 Å². The first-order chi connectivity index (χ1) is 9.65. The van der Waals surface area contributed by atoms with Gasteiger partial charge in [-0.3, -0.25) is 4.79 Å². The molecule has 102 valence electrons. The van der Waals surface area contributed by atoms with E-state index in [2.05, 4.69) is 20.9 Å². The van der Waals surface area contributed by atoms with Crippen LogP contribution in [-0.2, 0) is 0 Å². The predicted octanol–water partition coefficient (Wildman–Crippen LogP) is 3.00. The third-order valence-corrected chi connectivity index (χ3v) is 3.09. The maximum Gasteiger partial charge on any atom is 0.266 e. The maximum absolute atomic E-state index is 11.8. The number of rotatable bonds is 4. The first-order valence-corrected chi connectivity index (χ1v) is 7.21. The fourth-order valence-corrected chi connectivity index (χ4v) is 2.10. The highest BCUT2D eigenvalue weighted by molar-refractivity contribution is 9.09. The summed E-state index contributed by atoms with van der Waals surface area (Å²) in [5, 5.41) is 9.90. The highest BCUT2D eigenvalue weighted by Gasteiger charge is 2.10. The van der Waals surface area contributed by atoms with E-state index in [0.717, 1.165) is 16.6 Å². The lowest BCUT2D eigenvalue weighted by atomic mass is 10.0. The van der Waals surface area contributed by atoms with E-state index in [-0.39, 0.29) is 11.1 Å². The second kappa shape index (κ2) is 6.40. The van der Waals surface area contributed by atoms with Crippen molar-refractivity contribution in [3.05, 3.63) is 51.9 Å². The van der Waals surface area contributed by atoms with Crippen LogP contribution in [0.4, 0.5) is 0 Å². The van der Waals surface area contributed by atoms with Crippen LogP contribution in [0.25, 0.3) is 11.1 Å². The lowest BCUT2D eigenvalue weighted by Crippen LogP contribution is -2.12. The molecule has 0 aliphatic heterocycles. The molecular formula is C15H13BrN2O2. The fraction of sp³-hybridized carbons (Fsp3) is 0.200. The molecule has 0 amide bonds. The summed E-state index contributed by atoms with van der Waals surface area (Å²) < 4.78 is 5.54. The van der Waals surface area contributed by atoms with Gasteiger partial charge in [0.15, 0.2) is 0 Å². The molecule has 0 aliphatic rings. The lowest BCUT2D eigenvalue weighted by molar-refractivity contribution is 0.345. The molecular weight excluding hydrogens is 320 g/mol. The minimum absolute atomic E-state index is 0.119. The SMILES string of the molecule is Cc1cc(-c2cccc(OCCBr)c2)c(C#N)c(=O)[nH]1. The number of nitriles is 1. The molecule has 1 aromatic carbocycles. The summed E-state index contributed by atoms with van der Waals surface area (Å²) in [5.41, 5.74) is 1.89. The van der Waals surface area contributed by atoms with E-state index in [1.807, 2.05) is 30.3 Å². The van der Waals surface area contributed by atoms with E-state index in [1.54, 1.807) is 13.0 Å². The maximum atomic E-state index is 11.8. The number of aromatic amines is 1. The number of nitrogens with one attached hydrogen (secondary N) is 1. The van der Waals surface area contributed by atoms with E-state index >= 15 is 0 Å². The van der Waals surface area contributed by atoms with Gasteiger partial charge < -0.3 is 9.72 Å². The molecule has 0 radical (unpaired) electrons. The van der Waals surface area contributed by atoms with Gasteiger partial charge in [0.2, 0.25) is 0 Å². The summed E-state index contributed by atoms with van der Waals surface area (Å²) in [6, 6.07) is 11.1. The molecule has 2 rings (SSSR count). The number of nitrogens with zero attached hydrogens (tertiary/aromatic N) is 1. The molecule has 0 aliphatic carbocycles. The van der Waals surface area contributed by atoms with Gasteiger partial charge in [0.25, 0.3) is 5.56 Å². The summed E-state index contributed by atoms with van der Waals surface area (Å²) in [6.45, 7) is 2.35. The van der Waals surface area contributed by atoms with E-state index in [4.69, 9.17) is 10.00 Å². The summed E-state index contributed by atoms with van der Waals surface area (Å²) >= 11 is 3.30. The van der Waals surface area contributed by atoms with Gasteiger partial charge in [0.05, 0.1) is 6.61 Å². The molecule has 1 N–H and O–H groups in total. The Bertz CT molecular complexity index is 717. The number of alkyl halides is 1. The zero-order chi connectivity index (χ0) is 14.5. The van der Waals surface area contributed by atoms with Crippen LogP contribution in [0.1, 0.15) is 11.3 Å². The number of H-pyrrole nitrogens is 1. The van der Waals surface area contributed by atoms with Crippen LogP contribution in [0.2, 0.25) is 0 Å². The van der Waals surface area contributed by atoms with Gasteiger partial charge in [0.1, 0.15) is 17.4 Å². The molecule has 20 heavy (non-hydrogen) atoms. The van der Waals surface area contributed by atoms with Crippen molar-refractivity contribution in [3.8, 4) is 22.9 Å². The van der Waals surface area contributed by atoms with Crippen LogP contribution in [0, 0.1) is 18.3 Å². The van der Waals surface area contributed by atoms with Gasteiger partial charge in [-0.25, -0.2) is 0 Å². The Kier molecular flexibility index (Phi) is 4.59. The molecule has 0 fully saturated rings. The average molecular weight is 333 g/mol. The van der Waals surface area contributed by atoms with Crippen molar-refractivity contribution in [2.45, 2.75) is 6.92 Å². The normalized spacial score (nSPS) is 10.1. The second-order valence-electron chi connectivity index (χ2n) is 4.25. The topological polar surface area (TPSA) is 65.9 Å². The van der Waals surface area contributed by atoms with Gasteiger partial charge in [-0.1, -0.05) is 28.1 Å². The average Bonchev–Trinajstić information content (AvgIpc) is 2.44. The molecule has 0 saturated heterocycles.